The minimum Gasteiger partial charge on any atom is -0.465 e. The lowest BCUT2D eigenvalue weighted by atomic mass is 10.1. The number of para-hydroxylation sites is 1. The Balaban J connectivity index is 2.30. The molecule has 0 aliphatic rings. The van der Waals surface area contributed by atoms with Crippen molar-refractivity contribution in [2.75, 3.05) is 18.2 Å². The van der Waals surface area contributed by atoms with Crippen LogP contribution in [0.5, 0.6) is 0 Å². The van der Waals surface area contributed by atoms with Gasteiger partial charge in [-0.25, -0.2) is 4.79 Å². The summed E-state index contributed by atoms with van der Waals surface area (Å²) in [4.78, 5) is 12.6. The molecule has 5 heteroatoms. The van der Waals surface area contributed by atoms with Gasteiger partial charge in [-0.2, -0.15) is 0 Å². The van der Waals surface area contributed by atoms with Gasteiger partial charge in [0.2, 0.25) is 0 Å². The zero-order valence-electron chi connectivity index (χ0n) is 11.4. The standard InChI is InChI=1S/C15H16N2O2S/c1-9-12(15(18)19-3)14(16)20-13(9)10(2)17-11-7-5-4-6-8-11/h4-8,17H,2,16H2,1,3H3. The fraction of sp³-hybridized carbons (Fsp3) is 0.133. The molecule has 0 aliphatic heterocycles. The van der Waals surface area contributed by atoms with Gasteiger partial charge in [-0.15, -0.1) is 11.3 Å². The Bertz CT molecular complexity index is 647. The molecule has 1 aromatic carbocycles. The van der Waals surface area contributed by atoms with Crippen LogP contribution in [0.4, 0.5) is 10.7 Å². The third kappa shape index (κ3) is 2.67. The summed E-state index contributed by atoms with van der Waals surface area (Å²) >= 11 is 1.33. The summed E-state index contributed by atoms with van der Waals surface area (Å²) in [6, 6.07) is 9.70. The summed E-state index contributed by atoms with van der Waals surface area (Å²) in [7, 11) is 1.34. The number of hydrogen-bond acceptors (Lipinski definition) is 5. The van der Waals surface area contributed by atoms with Gasteiger partial charge >= 0.3 is 5.97 Å². The summed E-state index contributed by atoms with van der Waals surface area (Å²) in [6.07, 6.45) is 0. The molecule has 0 amide bonds. The fourth-order valence-electron chi connectivity index (χ4n) is 1.93. The van der Waals surface area contributed by atoms with Gasteiger partial charge in [0.05, 0.1) is 17.6 Å². The summed E-state index contributed by atoms with van der Waals surface area (Å²) in [5.74, 6) is -0.421. The van der Waals surface area contributed by atoms with Crippen molar-refractivity contribution in [1.82, 2.24) is 0 Å². The van der Waals surface area contributed by atoms with Gasteiger partial charge in [-0.3, -0.25) is 0 Å². The highest BCUT2D eigenvalue weighted by Crippen LogP contribution is 2.35. The molecule has 2 rings (SSSR count). The Morgan fingerprint density at radius 3 is 2.60 bits per heavy atom. The molecule has 0 bridgehead atoms. The first-order valence-electron chi connectivity index (χ1n) is 6.03. The van der Waals surface area contributed by atoms with E-state index in [4.69, 9.17) is 10.5 Å². The van der Waals surface area contributed by atoms with Crippen LogP contribution >= 0.6 is 11.3 Å². The SMILES string of the molecule is C=C(Nc1ccccc1)c1sc(N)c(C(=O)OC)c1C. The third-order valence-electron chi connectivity index (χ3n) is 2.91. The second kappa shape index (κ2) is 5.79. The van der Waals surface area contributed by atoms with E-state index < -0.39 is 5.97 Å². The highest BCUT2D eigenvalue weighted by atomic mass is 32.1. The van der Waals surface area contributed by atoms with E-state index in [1.54, 1.807) is 0 Å². The van der Waals surface area contributed by atoms with Crippen LogP contribution in [-0.2, 0) is 4.74 Å². The molecule has 0 aliphatic carbocycles. The minimum absolute atomic E-state index is 0.420. The fourth-order valence-corrected chi connectivity index (χ4v) is 2.92. The smallest absolute Gasteiger partial charge is 0.341 e. The van der Waals surface area contributed by atoms with E-state index in [9.17, 15) is 4.79 Å². The predicted octanol–water partition coefficient (Wildman–Crippen LogP) is 3.51. The molecular formula is C15H16N2O2S. The maximum absolute atomic E-state index is 11.7. The summed E-state index contributed by atoms with van der Waals surface area (Å²) < 4.78 is 4.75. The number of esters is 1. The van der Waals surface area contributed by atoms with Crippen molar-refractivity contribution >= 4 is 33.7 Å². The Morgan fingerprint density at radius 1 is 1.35 bits per heavy atom. The van der Waals surface area contributed by atoms with Crippen molar-refractivity contribution in [2.45, 2.75) is 6.92 Å². The quantitative estimate of drug-likeness (QED) is 0.845. The number of carbonyl (C=O) groups is 1. The van der Waals surface area contributed by atoms with E-state index in [1.165, 1.54) is 18.4 Å². The number of ether oxygens (including phenoxy) is 1. The van der Waals surface area contributed by atoms with E-state index in [0.29, 0.717) is 16.3 Å². The minimum atomic E-state index is -0.421. The van der Waals surface area contributed by atoms with Crippen LogP contribution in [0.2, 0.25) is 0 Å². The second-order valence-electron chi connectivity index (χ2n) is 4.26. The molecule has 0 radical (unpaired) electrons. The topological polar surface area (TPSA) is 64.3 Å². The number of anilines is 2. The predicted molar refractivity (Wildman–Crippen MR) is 83.9 cm³/mol. The maximum atomic E-state index is 11.7. The number of benzene rings is 1. The first-order chi connectivity index (χ1) is 9.54. The molecule has 3 N–H and O–H groups in total. The molecule has 4 nitrogen and oxygen atoms in total. The summed E-state index contributed by atoms with van der Waals surface area (Å²) in [5, 5.41) is 3.65. The molecule has 0 unspecified atom stereocenters. The third-order valence-corrected chi connectivity index (χ3v) is 4.09. The zero-order chi connectivity index (χ0) is 14.7. The number of carbonyl (C=O) groups excluding carboxylic acids is 1. The van der Waals surface area contributed by atoms with E-state index >= 15 is 0 Å². The lowest BCUT2D eigenvalue weighted by molar-refractivity contribution is 0.0601. The molecule has 1 aromatic heterocycles. The van der Waals surface area contributed by atoms with Gasteiger partial charge in [0.15, 0.2) is 0 Å². The number of hydrogen-bond donors (Lipinski definition) is 2. The first-order valence-corrected chi connectivity index (χ1v) is 6.84. The van der Waals surface area contributed by atoms with E-state index in [0.717, 1.165) is 16.1 Å². The Hall–Kier alpha value is -2.27. The van der Waals surface area contributed by atoms with Crippen molar-refractivity contribution in [3.05, 3.63) is 52.9 Å². The van der Waals surface area contributed by atoms with Crippen molar-refractivity contribution in [1.29, 1.82) is 0 Å². The number of thiophene rings is 1. The molecule has 1 heterocycles. The lowest BCUT2D eigenvalue weighted by Crippen LogP contribution is -2.05. The monoisotopic (exact) mass is 288 g/mol. The number of nitrogens with two attached hydrogens (primary N) is 1. The largest absolute Gasteiger partial charge is 0.465 e. The average Bonchev–Trinajstić information content (AvgIpc) is 2.74. The van der Waals surface area contributed by atoms with E-state index in [1.807, 2.05) is 37.3 Å². The van der Waals surface area contributed by atoms with Crippen LogP contribution in [-0.4, -0.2) is 13.1 Å². The van der Waals surface area contributed by atoms with Crippen LogP contribution in [0.3, 0.4) is 0 Å². The maximum Gasteiger partial charge on any atom is 0.341 e. The molecule has 0 saturated heterocycles. The molecule has 20 heavy (non-hydrogen) atoms. The molecule has 0 saturated carbocycles. The summed E-state index contributed by atoms with van der Waals surface area (Å²) in [6.45, 7) is 5.85. The number of nitrogens with one attached hydrogen (secondary N) is 1. The average molecular weight is 288 g/mol. The van der Waals surface area contributed by atoms with Crippen LogP contribution < -0.4 is 11.1 Å². The van der Waals surface area contributed by atoms with Gasteiger partial charge < -0.3 is 15.8 Å². The van der Waals surface area contributed by atoms with Gasteiger partial charge in [0, 0.05) is 11.4 Å². The van der Waals surface area contributed by atoms with Gasteiger partial charge in [-0.1, -0.05) is 24.8 Å². The highest BCUT2D eigenvalue weighted by Gasteiger charge is 2.21. The van der Waals surface area contributed by atoms with E-state index in [-0.39, 0.29) is 0 Å². The van der Waals surface area contributed by atoms with Gasteiger partial charge in [-0.05, 0) is 24.6 Å². The molecular weight excluding hydrogens is 272 g/mol. The Kier molecular flexibility index (Phi) is 4.10. The highest BCUT2D eigenvalue weighted by molar-refractivity contribution is 7.17. The summed E-state index contributed by atoms with van der Waals surface area (Å²) in [5.41, 5.74) is 8.75. The van der Waals surface area contributed by atoms with Crippen molar-refractivity contribution in [3.63, 3.8) is 0 Å². The van der Waals surface area contributed by atoms with Crippen molar-refractivity contribution < 1.29 is 9.53 Å². The molecule has 0 atom stereocenters. The second-order valence-corrected chi connectivity index (χ2v) is 5.31. The molecule has 0 fully saturated rings. The zero-order valence-corrected chi connectivity index (χ0v) is 12.2. The van der Waals surface area contributed by atoms with Crippen LogP contribution in [0.1, 0.15) is 20.8 Å². The lowest BCUT2D eigenvalue weighted by Gasteiger charge is -2.09. The Labute approximate surface area is 121 Å². The molecule has 0 spiro atoms. The van der Waals surface area contributed by atoms with Crippen LogP contribution in [0.15, 0.2) is 36.9 Å². The number of methoxy groups -OCH3 is 1. The Morgan fingerprint density at radius 2 is 2.00 bits per heavy atom. The molecule has 104 valence electrons. The van der Waals surface area contributed by atoms with E-state index in [2.05, 4.69) is 11.9 Å². The molecule has 2 aromatic rings. The van der Waals surface area contributed by atoms with Crippen LogP contribution in [0, 0.1) is 6.92 Å². The normalized spacial score (nSPS) is 10.1. The van der Waals surface area contributed by atoms with Gasteiger partial charge in [0.1, 0.15) is 5.00 Å². The van der Waals surface area contributed by atoms with Gasteiger partial charge in [0.25, 0.3) is 0 Å². The van der Waals surface area contributed by atoms with Crippen molar-refractivity contribution in [3.8, 4) is 0 Å². The number of rotatable bonds is 4. The number of nitrogen functional groups attached to an aromatic ring is 1. The van der Waals surface area contributed by atoms with Crippen molar-refractivity contribution in [2.24, 2.45) is 0 Å². The van der Waals surface area contributed by atoms with Crippen LogP contribution in [0.25, 0.3) is 5.70 Å². The first kappa shape index (κ1) is 14.1.